The van der Waals surface area contributed by atoms with Gasteiger partial charge in [-0.15, -0.1) is 0 Å². The van der Waals surface area contributed by atoms with Gasteiger partial charge in [0, 0.05) is 316 Å². The summed E-state index contributed by atoms with van der Waals surface area (Å²) in [4.78, 5) is 11.6. The zero-order valence-corrected chi connectivity index (χ0v) is 52.3. The molecule has 35 heavy (non-hydrogen) atoms. The molecule has 0 spiro atoms. The van der Waals surface area contributed by atoms with Gasteiger partial charge in [0.05, 0.1) is 13.2 Å². The summed E-state index contributed by atoms with van der Waals surface area (Å²) < 4.78 is 20.6. The van der Waals surface area contributed by atoms with Crippen LogP contribution in [0.25, 0.3) is 0 Å². The van der Waals surface area contributed by atoms with Crippen molar-refractivity contribution in [2.75, 3.05) is 26.9 Å². The van der Waals surface area contributed by atoms with Gasteiger partial charge in [0.1, 0.15) is 55.4 Å². The first-order valence-electron chi connectivity index (χ1n) is 8.61. The molecule has 7 radical (unpaired) electrons. The van der Waals surface area contributed by atoms with E-state index in [0.717, 1.165) is 0 Å². The van der Waals surface area contributed by atoms with Gasteiger partial charge in [0.25, 0.3) is 0 Å². The van der Waals surface area contributed by atoms with Crippen molar-refractivity contribution in [3.63, 3.8) is 0 Å². The Morgan fingerprint density at radius 2 is 1.26 bits per heavy atom. The molecule has 2 aliphatic rings. The minimum absolute atomic E-state index is 0. The summed E-state index contributed by atoms with van der Waals surface area (Å²) in [5, 5.41) is 71.2. The third-order valence-electron chi connectivity index (χ3n) is 4.58. The number of nitrogens with one attached hydrogen (secondary N) is 1. The number of aliphatic hydroxyl groups is 7. The Bertz CT molecular complexity index is 531. The number of carbonyl (C=O) groups is 1. The number of ether oxygens (including phenoxy) is 4. The largest absolute Gasteiger partial charge is 0.394 e. The van der Waals surface area contributed by atoms with E-state index < -0.39 is 80.5 Å². The van der Waals surface area contributed by atoms with Crippen molar-refractivity contribution in [2.24, 2.45) is 0 Å². The molecule has 2 heterocycles. The summed E-state index contributed by atoms with van der Waals surface area (Å²) in [6.45, 7) is -1.70. The maximum absolute atomic E-state index is 11.6. The van der Waals surface area contributed by atoms with Crippen LogP contribution in [0.4, 0.5) is 0 Å². The molecule has 20 heteroatoms. The molecule has 13 nitrogen and oxygen atoms in total. The number of hydrogen-bond donors (Lipinski definition) is 8. The van der Waals surface area contributed by atoms with Crippen LogP contribution in [-0.2, 0) is 23.7 Å². The Morgan fingerprint density at radius 3 is 1.71 bits per heavy atom. The molecule has 185 valence electrons. The van der Waals surface area contributed by atoms with E-state index in [4.69, 9.17) is 14.2 Å². The molecule has 0 aromatic heterocycles. The van der Waals surface area contributed by atoms with Gasteiger partial charge < -0.3 is 60.0 Å². The van der Waals surface area contributed by atoms with Crippen LogP contribution in [0, 0.1) is 308 Å². The van der Waals surface area contributed by atoms with Gasteiger partial charge in [0.2, 0.25) is 5.91 Å². The van der Waals surface area contributed by atoms with Crippen LogP contribution < -0.4 is 5.32 Å². The zero-order valence-electron chi connectivity index (χ0n) is 19.1. The summed E-state index contributed by atoms with van der Waals surface area (Å²) in [6.07, 6.45) is -15.3. The molecule has 1 amide bonds. The van der Waals surface area contributed by atoms with Crippen LogP contribution in [0.5, 0.6) is 0 Å². The van der Waals surface area contributed by atoms with E-state index in [1.165, 1.54) is 7.11 Å². The Morgan fingerprint density at radius 1 is 0.743 bits per heavy atom. The number of hydrogen-bond acceptors (Lipinski definition) is 12. The Balaban J connectivity index is -0.000000300. The molecule has 0 saturated carbocycles. The second kappa shape index (κ2) is 30.5. The molecule has 5 unspecified atom stereocenters. The van der Waals surface area contributed by atoms with Crippen LogP contribution >= 0.6 is 0 Å². The van der Waals surface area contributed by atoms with Crippen molar-refractivity contribution >= 4 is 5.91 Å². The summed E-state index contributed by atoms with van der Waals surface area (Å²) in [5.74, 6) is -0.635. The fourth-order valence-corrected chi connectivity index (χ4v) is 3.04. The first kappa shape index (κ1) is 56.5. The second-order valence-electron chi connectivity index (χ2n) is 6.56. The fourth-order valence-electron chi connectivity index (χ4n) is 3.04. The smallest absolute Gasteiger partial charge is 0.248 e. The Hall–Kier alpha value is 9.12. The quantitative estimate of drug-likeness (QED) is 0.120. The molecule has 10 atom stereocenters. The van der Waals surface area contributed by atoms with E-state index in [0.29, 0.717) is 0 Å². The van der Waals surface area contributed by atoms with Crippen molar-refractivity contribution in [1.82, 2.24) is 5.32 Å². The van der Waals surface area contributed by atoms with E-state index in [1.54, 1.807) is 0 Å². The van der Waals surface area contributed by atoms with Crippen LogP contribution in [0.3, 0.4) is 0 Å². The standard InChI is InChI=1S/C15H27NO12.7Ac/c1-25-4-7(19)16-14-11(23)10(22)13(6(3-18)26-14)28-15-12(24)9(21)8(20)5(2-17)27-15;;;;;;;/h5-6,8-15,17-18,20-24H,2-4H2,1H3,(H,16,19);;;;;;;/t5?,6?,8-,9?,10?,11?,12+,13-,14+,15-;;;;;;;/m0......./s1. The maximum atomic E-state index is 11.6. The van der Waals surface area contributed by atoms with E-state index in [-0.39, 0.29) is 315 Å². The molecular weight excluding hydrogens is 1980 g/mol. The normalized spacial score (nSPS) is 35.4. The minimum Gasteiger partial charge on any atom is -0.394 e. The van der Waals surface area contributed by atoms with Gasteiger partial charge in [0.15, 0.2) is 12.5 Å². The van der Waals surface area contributed by atoms with Crippen LogP contribution in [0.15, 0.2) is 0 Å². The third kappa shape index (κ3) is 17.7. The van der Waals surface area contributed by atoms with E-state index in [9.17, 15) is 40.5 Å². The van der Waals surface area contributed by atoms with E-state index >= 15 is 0 Å². The van der Waals surface area contributed by atoms with Crippen molar-refractivity contribution in [2.45, 2.75) is 61.3 Å². The SMILES string of the molecule is COCC(=O)N[C@@H]1OC(CO)[C@H](O[C@@H]2OC(CO)[C@H](O)C(O)[C@H]2O)C(O)C1O.[Ac].[Ac].[Ac].[Ac].[Ac].[Ac].[Ac]. The summed E-state index contributed by atoms with van der Waals surface area (Å²) in [7, 11) is 1.29. The molecule has 0 aromatic carbocycles. The van der Waals surface area contributed by atoms with Crippen molar-refractivity contribution < 1.29 is 368 Å². The number of aliphatic hydroxyl groups excluding tert-OH is 7. The number of rotatable bonds is 7. The monoisotopic (exact) mass is 2000 g/mol. The summed E-state index contributed by atoms with van der Waals surface area (Å²) >= 11 is 0. The van der Waals surface area contributed by atoms with Gasteiger partial charge in [-0.1, -0.05) is 0 Å². The fraction of sp³-hybridized carbons (Fsp3) is 0.933. The molecule has 8 N–H and O–H groups in total. The number of amides is 1. The van der Waals surface area contributed by atoms with Crippen LogP contribution in [0.1, 0.15) is 0 Å². The first-order chi connectivity index (χ1) is 13.2. The molecule has 2 rings (SSSR count). The molecule has 2 aliphatic heterocycles. The molecule has 0 aliphatic carbocycles. The average Bonchev–Trinajstić information content (AvgIpc) is 2.67. The topological polar surface area (TPSA) is 208 Å². The van der Waals surface area contributed by atoms with Crippen molar-refractivity contribution in [1.29, 1.82) is 0 Å². The predicted octanol–water partition coefficient (Wildman–Crippen LogP) is -5.63. The van der Waals surface area contributed by atoms with Crippen LogP contribution in [0.2, 0.25) is 0 Å². The third-order valence-corrected chi connectivity index (χ3v) is 4.58. The van der Waals surface area contributed by atoms with Gasteiger partial charge >= 0.3 is 0 Å². The molecule has 0 aromatic rings. The maximum Gasteiger partial charge on any atom is 0.248 e. The van der Waals surface area contributed by atoms with E-state index in [2.05, 4.69) is 10.1 Å². The molecule has 2 fully saturated rings. The Labute approximate surface area is 454 Å². The van der Waals surface area contributed by atoms with Gasteiger partial charge in [-0.05, 0) is 0 Å². The zero-order chi connectivity index (χ0) is 21.0. The second-order valence-corrected chi connectivity index (χ2v) is 6.56. The molecule has 0 bridgehead atoms. The number of carbonyl (C=O) groups excluding carboxylic acids is 1. The Kier molecular flexibility index (Phi) is 49.1. The predicted molar refractivity (Wildman–Crippen MR) is 86.4 cm³/mol. The first-order valence-corrected chi connectivity index (χ1v) is 8.61. The van der Waals surface area contributed by atoms with E-state index in [1.807, 2.05) is 0 Å². The van der Waals surface area contributed by atoms with Crippen molar-refractivity contribution in [3.05, 3.63) is 0 Å². The van der Waals surface area contributed by atoms with Gasteiger partial charge in [-0.3, -0.25) is 4.79 Å². The minimum atomic E-state index is -1.75. The molecular formula is C15H27Ac7NO12. The van der Waals surface area contributed by atoms with Gasteiger partial charge in [-0.25, -0.2) is 0 Å². The molecule has 2 saturated heterocycles. The van der Waals surface area contributed by atoms with Crippen molar-refractivity contribution in [3.8, 4) is 0 Å². The summed E-state index contributed by atoms with van der Waals surface area (Å²) in [5.41, 5.74) is 0. The average molecular weight is 2000 g/mol. The van der Waals surface area contributed by atoms with Crippen LogP contribution in [-0.4, -0.2) is 130 Å². The number of methoxy groups -OCH3 is 1. The van der Waals surface area contributed by atoms with Gasteiger partial charge in [-0.2, -0.15) is 0 Å². The summed E-state index contributed by atoms with van der Waals surface area (Å²) in [6, 6.07) is 0.